The van der Waals surface area contributed by atoms with Crippen LogP contribution in [-0.4, -0.2) is 49.3 Å². The Labute approximate surface area is 147 Å². The molecule has 2 aliphatic carbocycles. The normalized spacial score (nSPS) is 24.0. The quantitative estimate of drug-likeness (QED) is 0.402. The van der Waals surface area contributed by atoms with E-state index < -0.39 is 41.4 Å². The number of rotatable bonds is 1. The van der Waals surface area contributed by atoms with E-state index in [-0.39, 0.29) is 46.2 Å². The van der Waals surface area contributed by atoms with Gasteiger partial charge in [0.2, 0.25) is 0 Å². The number of carbonyl (C=O) groups excluding carboxylic acids is 2. The highest BCUT2D eigenvalue weighted by Gasteiger charge is 2.44. The fourth-order valence-corrected chi connectivity index (χ4v) is 3.90. The van der Waals surface area contributed by atoms with Crippen LogP contribution in [0.3, 0.4) is 0 Å². The van der Waals surface area contributed by atoms with E-state index in [1.807, 2.05) is 0 Å². The smallest absolute Gasteiger partial charge is 0.198 e. The van der Waals surface area contributed by atoms with Crippen LogP contribution in [0.25, 0.3) is 0 Å². The lowest BCUT2D eigenvalue weighted by Crippen LogP contribution is -2.41. The van der Waals surface area contributed by atoms with Crippen molar-refractivity contribution in [2.24, 2.45) is 0 Å². The molecule has 2 aromatic carbocycles. The fourth-order valence-electron chi connectivity index (χ4n) is 3.90. The molecule has 7 heteroatoms. The summed E-state index contributed by atoms with van der Waals surface area (Å²) in [5, 5.41) is 51.4. The minimum absolute atomic E-state index is 0.0444. The number of aliphatic hydroxyl groups is 3. The van der Waals surface area contributed by atoms with E-state index in [4.69, 9.17) is 0 Å². The average molecular weight is 356 g/mol. The lowest BCUT2D eigenvalue weighted by Gasteiger charge is -2.36. The van der Waals surface area contributed by atoms with Crippen LogP contribution in [-0.2, 0) is 6.42 Å². The second kappa shape index (κ2) is 5.38. The fraction of sp³-hybridized carbons (Fsp3) is 0.263. The number of aliphatic hydroxyl groups excluding tert-OH is 2. The zero-order chi connectivity index (χ0) is 18.8. The molecule has 0 aliphatic heterocycles. The van der Waals surface area contributed by atoms with E-state index in [1.165, 1.54) is 12.1 Å². The monoisotopic (exact) mass is 356 g/mol. The highest BCUT2D eigenvalue weighted by atomic mass is 16.3. The molecule has 0 amide bonds. The van der Waals surface area contributed by atoms with Gasteiger partial charge >= 0.3 is 0 Å². The molecule has 7 nitrogen and oxygen atoms in total. The van der Waals surface area contributed by atoms with E-state index in [0.717, 1.165) is 0 Å². The van der Waals surface area contributed by atoms with Gasteiger partial charge in [-0.3, -0.25) is 9.59 Å². The van der Waals surface area contributed by atoms with Gasteiger partial charge in [0, 0.05) is 35.1 Å². The van der Waals surface area contributed by atoms with Crippen molar-refractivity contribution in [2.75, 3.05) is 6.61 Å². The molecule has 0 fully saturated rings. The Balaban J connectivity index is 2.04. The maximum absolute atomic E-state index is 12.8. The van der Waals surface area contributed by atoms with E-state index >= 15 is 0 Å². The lowest BCUT2D eigenvalue weighted by molar-refractivity contribution is -0.0595. The highest BCUT2D eigenvalue weighted by molar-refractivity contribution is 6.30. The summed E-state index contributed by atoms with van der Waals surface area (Å²) in [6.45, 7) is -0.670. The number of phenolic OH excluding ortho intramolecular Hbond substituents is 2. The Morgan fingerprint density at radius 3 is 2.08 bits per heavy atom. The maximum Gasteiger partial charge on any atom is 0.198 e. The zero-order valence-corrected chi connectivity index (χ0v) is 13.6. The van der Waals surface area contributed by atoms with Crippen LogP contribution in [0.4, 0.5) is 0 Å². The van der Waals surface area contributed by atoms with E-state index in [2.05, 4.69) is 0 Å². The Hall–Kier alpha value is -2.74. The van der Waals surface area contributed by atoms with Gasteiger partial charge in [-0.15, -0.1) is 0 Å². The number of phenols is 2. The van der Waals surface area contributed by atoms with Crippen LogP contribution in [0.1, 0.15) is 55.5 Å². The summed E-state index contributed by atoms with van der Waals surface area (Å²) < 4.78 is 0. The number of carbonyl (C=O) groups is 2. The lowest BCUT2D eigenvalue weighted by atomic mass is 9.73. The van der Waals surface area contributed by atoms with Gasteiger partial charge in [-0.05, 0) is 0 Å². The minimum atomic E-state index is -1.70. The molecule has 5 N–H and O–H groups in total. The Kier molecular flexibility index (Phi) is 3.46. The van der Waals surface area contributed by atoms with Gasteiger partial charge in [-0.2, -0.15) is 0 Å². The molecule has 0 radical (unpaired) electrons. The number of hydrogen-bond acceptors (Lipinski definition) is 7. The first-order valence-electron chi connectivity index (χ1n) is 8.09. The maximum atomic E-state index is 12.8. The average Bonchev–Trinajstić information content (AvgIpc) is 2.62. The molecular formula is C19H16O7. The van der Waals surface area contributed by atoms with Gasteiger partial charge in [0.15, 0.2) is 11.6 Å². The van der Waals surface area contributed by atoms with E-state index in [0.29, 0.717) is 0 Å². The molecule has 2 aliphatic rings. The number of hydrogen-bond donors (Lipinski definition) is 5. The third-order valence-corrected chi connectivity index (χ3v) is 5.17. The van der Waals surface area contributed by atoms with Gasteiger partial charge in [-0.25, -0.2) is 0 Å². The minimum Gasteiger partial charge on any atom is -0.507 e. The van der Waals surface area contributed by atoms with Crippen molar-refractivity contribution in [3.63, 3.8) is 0 Å². The first-order valence-corrected chi connectivity index (χ1v) is 8.09. The first-order chi connectivity index (χ1) is 12.3. The molecule has 0 saturated heterocycles. The van der Waals surface area contributed by atoms with Crippen molar-refractivity contribution >= 4 is 11.6 Å². The van der Waals surface area contributed by atoms with E-state index in [9.17, 15) is 35.1 Å². The molecule has 2 aromatic rings. The molecular weight excluding hydrogens is 340 g/mol. The first kappa shape index (κ1) is 16.7. The molecule has 0 saturated carbocycles. The molecule has 2 atom stereocenters. The second-order valence-electron chi connectivity index (χ2n) is 6.82. The standard InChI is InChI=1S/C19H16O7/c20-7-19(26)5-10-12(11(21)6-19)18(25)14-13(17(10)24)15(22)8-3-1-2-4-9(8)16(14)23/h1-4,11,20-21,24-26H,5-7H2. The summed E-state index contributed by atoms with van der Waals surface area (Å²) in [4.78, 5) is 25.6. The summed E-state index contributed by atoms with van der Waals surface area (Å²) in [7, 11) is 0. The Morgan fingerprint density at radius 1 is 1.00 bits per heavy atom. The highest BCUT2D eigenvalue weighted by Crippen LogP contribution is 2.49. The predicted octanol–water partition coefficient (Wildman–Crippen LogP) is 0.576. The van der Waals surface area contributed by atoms with Crippen LogP contribution in [0.15, 0.2) is 24.3 Å². The third kappa shape index (κ3) is 2.05. The SMILES string of the molecule is O=C1c2ccccc2C(=O)c2c(O)c3c(c(O)c21)CC(O)(CO)CC3O. The van der Waals surface area contributed by atoms with Crippen LogP contribution < -0.4 is 0 Å². The van der Waals surface area contributed by atoms with Crippen molar-refractivity contribution in [3.05, 3.63) is 57.6 Å². The largest absolute Gasteiger partial charge is 0.507 e. The Bertz CT molecular complexity index is 978. The van der Waals surface area contributed by atoms with Crippen LogP contribution in [0.5, 0.6) is 11.5 Å². The molecule has 0 spiro atoms. The van der Waals surface area contributed by atoms with E-state index in [1.54, 1.807) is 12.1 Å². The van der Waals surface area contributed by atoms with Crippen LogP contribution in [0.2, 0.25) is 0 Å². The molecule has 134 valence electrons. The van der Waals surface area contributed by atoms with Crippen molar-refractivity contribution in [1.29, 1.82) is 0 Å². The molecule has 2 unspecified atom stereocenters. The summed E-state index contributed by atoms with van der Waals surface area (Å²) >= 11 is 0. The van der Waals surface area contributed by atoms with Gasteiger partial charge in [0.05, 0.1) is 29.4 Å². The van der Waals surface area contributed by atoms with Gasteiger partial charge in [-0.1, -0.05) is 24.3 Å². The number of aromatic hydroxyl groups is 2. The predicted molar refractivity (Wildman–Crippen MR) is 88.4 cm³/mol. The van der Waals surface area contributed by atoms with Crippen molar-refractivity contribution in [2.45, 2.75) is 24.5 Å². The topological polar surface area (TPSA) is 135 Å². The molecule has 0 bridgehead atoms. The van der Waals surface area contributed by atoms with Crippen molar-refractivity contribution in [3.8, 4) is 11.5 Å². The summed E-state index contributed by atoms with van der Waals surface area (Å²) in [6, 6.07) is 6.07. The van der Waals surface area contributed by atoms with Gasteiger partial charge < -0.3 is 25.5 Å². The van der Waals surface area contributed by atoms with Gasteiger partial charge in [0.1, 0.15) is 11.5 Å². The summed E-state index contributed by atoms with van der Waals surface area (Å²) in [5.74, 6) is -2.39. The molecule has 26 heavy (non-hydrogen) atoms. The number of benzene rings is 2. The number of fused-ring (bicyclic) bond motifs is 3. The van der Waals surface area contributed by atoms with Crippen molar-refractivity contribution in [1.82, 2.24) is 0 Å². The van der Waals surface area contributed by atoms with Crippen molar-refractivity contribution < 1.29 is 35.1 Å². The zero-order valence-electron chi connectivity index (χ0n) is 13.6. The second-order valence-corrected chi connectivity index (χ2v) is 6.82. The van der Waals surface area contributed by atoms with Crippen LogP contribution >= 0.6 is 0 Å². The third-order valence-electron chi connectivity index (χ3n) is 5.17. The molecule has 0 aromatic heterocycles. The van der Waals surface area contributed by atoms with Gasteiger partial charge in [0.25, 0.3) is 0 Å². The van der Waals surface area contributed by atoms with Crippen LogP contribution in [0, 0.1) is 0 Å². The number of ketones is 2. The summed E-state index contributed by atoms with van der Waals surface area (Å²) in [5.41, 5.74) is -2.33. The molecule has 4 rings (SSSR count). The summed E-state index contributed by atoms with van der Waals surface area (Å²) in [6.07, 6.45) is -1.96. The Morgan fingerprint density at radius 2 is 1.54 bits per heavy atom. The molecule has 0 heterocycles.